The molecule has 8 fully saturated rings. The van der Waals surface area contributed by atoms with E-state index in [1.165, 1.54) is 103 Å². The minimum Gasteiger partial charge on any atom is -0.299 e. The van der Waals surface area contributed by atoms with Crippen molar-refractivity contribution < 1.29 is 9.59 Å². The minimum absolute atomic E-state index is 0.0243. The minimum atomic E-state index is 0.0243. The zero-order valence-corrected chi connectivity index (χ0v) is 28.8. The molecule has 0 aromatic carbocycles. The van der Waals surface area contributed by atoms with Gasteiger partial charge in [0.15, 0.2) is 0 Å². The topological polar surface area (TPSA) is 34.1 Å². The first-order valence-electron chi connectivity index (χ1n) is 18.4. The van der Waals surface area contributed by atoms with E-state index in [1.54, 1.807) is 0 Å². The maximum absolute atomic E-state index is 12.8. The highest BCUT2D eigenvalue weighted by molar-refractivity contribution is 8.77. The van der Waals surface area contributed by atoms with Crippen LogP contribution in [0.1, 0.15) is 143 Å². The van der Waals surface area contributed by atoms with E-state index >= 15 is 0 Å². The smallest absolute Gasteiger partial charge is 0.139 e. The Balaban J connectivity index is 0.867. The van der Waals surface area contributed by atoms with Gasteiger partial charge in [0, 0.05) is 34.2 Å². The number of hydrogen-bond acceptors (Lipinski definition) is 4. The van der Waals surface area contributed by atoms with E-state index < -0.39 is 0 Å². The quantitative estimate of drug-likeness (QED) is 0.298. The van der Waals surface area contributed by atoms with Gasteiger partial charge in [-0.15, -0.1) is 0 Å². The van der Waals surface area contributed by atoms with Crippen LogP contribution in [0.4, 0.5) is 0 Å². The maximum atomic E-state index is 12.8. The van der Waals surface area contributed by atoms with Gasteiger partial charge >= 0.3 is 0 Å². The molecule has 8 aliphatic rings. The molecule has 0 spiro atoms. The molecule has 0 saturated heterocycles. The molecule has 8 saturated carbocycles. The van der Waals surface area contributed by atoms with Gasteiger partial charge in [0.2, 0.25) is 0 Å². The lowest BCUT2D eigenvalue weighted by molar-refractivity contribution is -0.138. The SMILES string of the molecule is CC12CCC3C(CCC4CC(SSC5CCC6(C)C(CCC7C8CCC(=O)C8(C)CCC76)C5)CCC43C)C1CCC2=O. The molecule has 4 heteroatoms. The number of ketones is 2. The van der Waals surface area contributed by atoms with E-state index in [2.05, 4.69) is 49.3 Å². The average molecular weight is 611 g/mol. The predicted molar refractivity (Wildman–Crippen MR) is 176 cm³/mol. The third kappa shape index (κ3) is 4.17. The van der Waals surface area contributed by atoms with Crippen molar-refractivity contribution in [3.05, 3.63) is 0 Å². The van der Waals surface area contributed by atoms with Gasteiger partial charge in [-0.2, -0.15) is 0 Å². The monoisotopic (exact) mass is 610 g/mol. The number of rotatable bonds is 3. The third-order valence-electron chi connectivity index (χ3n) is 17.0. The van der Waals surface area contributed by atoms with Gasteiger partial charge in [-0.05, 0) is 161 Å². The van der Waals surface area contributed by atoms with Crippen LogP contribution in [0.3, 0.4) is 0 Å². The van der Waals surface area contributed by atoms with Crippen molar-refractivity contribution in [2.24, 2.45) is 69.0 Å². The van der Waals surface area contributed by atoms with Crippen LogP contribution in [-0.4, -0.2) is 22.1 Å². The fraction of sp³-hybridized carbons (Fsp3) is 0.947. The normalized spacial score (nSPS) is 57.0. The maximum Gasteiger partial charge on any atom is 0.139 e. The van der Waals surface area contributed by atoms with Crippen molar-refractivity contribution in [1.29, 1.82) is 0 Å². The van der Waals surface area contributed by atoms with Crippen LogP contribution >= 0.6 is 21.6 Å². The number of Topliss-reactive ketones (excluding diaryl/α,β-unsaturated/α-hetero) is 2. The van der Waals surface area contributed by atoms with Crippen LogP contribution in [0.5, 0.6) is 0 Å². The van der Waals surface area contributed by atoms with E-state index in [1.807, 2.05) is 0 Å². The predicted octanol–water partition coefficient (Wildman–Crippen LogP) is 10.3. The van der Waals surface area contributed by atoms with Gasteiger partial charge in [0.1, 0.15) is 11.6 Å². The standard InChI is InChI=1S/C38H58O2S2/c1-35-17-13-25(21-23(35)5-7-27-29-9-11-33(39)37(29,3)19-15-31(27)35)41-42-26-14-18-36(2)24(22-26)6-8-28-30-10-12-34(40)38(30,4)20-16-32(28)36/h23-32H,5-22H2,1-4H3. The molecule has 0 aromatic rings. The van der Waals surface area contributed by atoms with Crippen LogP contribution in [0.15, 0.2) is 0 Å². The zero-order valence-electron chi connectivity index (χ0n) is 27.1. The Bertz CT molecular complexity index is 1030. The fourth-order valence-electron chi connectivity index (χ4n) is 14.3. The molecule has 0 amide bonds. The van der Waals surface area contributed by atoms with E-state index in [4.69, 9.17) is 0 Å². The lowest BCUT2D eigenvalue weighted by Gasteiger charge is -2.60. The molecule has 8 aliphatic carbocycles. The molecule has 2 nitrogen and oxygen atoms in total. The van der Waals surface area contributed by atoms with Crippen molar-refractivity contribution in [1.82, 2.24) is 0 Å². The highest BCUT2D eigenvalue weighted by Gasteiger charge is 2.62. The summed E-state index contributed by atoms with van der Waals surface area (Å²) in [5, 5.41) is 1.71. The largest absolute Gasteiger partial charge is 0.299 e. The Morgan fingerprint density at radius 3 is 1.36 bits per heavy atom. The lowest BCUT2D eigenvalue weighted by atomic mass is 9.45. The second kappa shape index (κ2) is 10.3. The van der Waals surface area contributed by atoms with Gasteiger partial charge in [0.05, 0.1) is 0 Å². The van der Waals surface area contributed by atoms with Crippen LogP contribution in [-0.2, 0) is 9.59 Å². The van der Waals surface area contributed by atoms with Crippen molar-refractivity contribution in [2.45, 2.75) is 154 Å². The summed E-state index contributed by atoms with van der Waals surface area (Å²) in [6.07, 6.45) is 23.4. The first kappa shape index (κ1) is 29.4. The number of carbonyl (C=O) groups excluding carboxylic acids is 2. The Kier molecular flexibility index (Phi) is 7.20. The van der Waals surface area contributed by atoms with Gasteiger partial charge < -0.3 is 0 Å². The summed E-state index contributed by atoms with van der Waals surface area (Å²) < 4.78 is 0. The van der Waals surface area contributed by atoms with Crippen LogP contribution < -0.4 is 0 Å². The van der Waals surface area contributed by atoms with Gasteiger partial charge in [0.25, 0.3) is 0 Å². The summed E-state index contributed by atoms with van der Waals surface area (Å²) >= 11 is 0. The molecule has 0 radical (unpaired) electrons. The van der Waals surface area contributed by atoms with Crippen molar-refractivity contribution in [2.75, 3.05) is 0 Å². The summed E-state index contributed by atoms with van der Waals surface area (Å²) in [4.78, 5) is 25.6. The van der Waals surface area contributed by atoms with Crippen molar-refractivity contribution >= 4 is 33.2 Å². The molecule has 0 heterocycles. The zero-order chi connectivity index (χ0) is 29.1. The van der Waals surface area contributed by atoms with Gasteiger partial charge in [-0.25, -0.2) is 0 Å². The molecule has 14 atom stereocenters. The molecule has 0 aromatic heterocycles. The van der Waals surface area contributed by atoms with Gasteiger partial charge in [-0.1, -0.05) is 49.3 Å². The number of hydrogen-bond donors (Lipinski definition) is 0. The average Bonchev–Trinajstić information content (AvgIpc) is 3.46. The Morgan fingerprint density at radius 2 is 0.929 bits per heavy atom. The molecule has 14 unspecified atom stereocenters. The first-order valence-corrected chi connectivity index (χ1v) is 20.7. The summed E-state index contributed by atoms with van der Waals surface area (Å²) in [5.74, 6) is 7.81. The van der Waals surface area contributed by atoms with E-state index in [0.29, 0.717) is 34.2 Å². The lowest BCUT2D eigenvalue weighted by Crippen LogP contribution is -2.54. The molecular formula is C38H58O2S2. The Labute approximate surface area is 264 Å². The van der Waals surface area contributed by atoms with E-state index in [0.717, 1.165) is 58.8 Å². The number of carbonyl (C=O) groups is 2. The second-order valence-corrected chi connectivity index (χ2v) is 21.0. The molecule has 0 N–H and O–H groups in total. The van der Waals surface area contributed by atoms with Crippen LogP contribution in [0.2, 0.25) is 0 Å². The molecule has 8 rings (SSSR count). The molecular weight excluding hydrogens is 553 g/mol. The molecule has 234 valence electrons. The van der Waals surface area contributed by atoms with Crippen molar-refractivity contribution in [3.63, 3.8) is 0 Å². The van der Waals surface area contributed by atoms with E-state index in [9.17, 15) is 9.59 Å². The summed E-state index contributed by atoms with van der Waals surface area (Å²) in [7, 11) is 4.62. The van der Waals surface area contributed by atoms with Crippen molar-refractivity contribution in [3.8, 4) is 0 Å². The second-order valence-electron chi connectivity index (χ2n) is 18.1. The summed E-state index contributed by atoms with van der Waals surface area (Å²) in [6, 6.07) is 0. The fourth-order valence-corrected chi connectivity index (χ4v) is 17.7. The summed E-state index contributed by atoms with van der Waals surface area (Å²) in [5.41, 5.74) is 1.11. The highest BCUT2D eigenvalue weighted by Crippen LogP contribution is 2.68. The Hall–Kier alpha value is 0.0400. The summed E-state index contributed by atoms with van der Waals surface area (Å²) in [6.45, 7) is 10.1. The number of fused-ring (bicyclic) bond motifs is 10. The third-order valence-corrected chi connectivity index (χ3v) is 20.5. The van der Waals surface area contributed by atoms with Crippen LogP contribution in [0, 0.1) is 69.0 Å². The van der Waals surface area contributed by atoms with E-state index in [-0.39, 0.29) is 10.8 Å². The Morgan fingerprint density at radius 1 is 0.500 bits per heavy atom. The van der Waals surface area contributed by atoms with Gasteiger partial charge in [-0.3, -0.25) is 9.59 Å². The molecule has 0 aliphatic heterocycles. The highest BCUT2D eigenvalue weighted by atomic mass is 33.1. The first-order chi connectivity index (χ1) is 20.1. The molecule has 0 bridgehead atoms. The van der Waals surface area contributed by atoms with Crippen LogP contribution in [0.25, 0.3) is 0 Å². The molecule has 42 heavy (non-hydrogen) atoms.